The number of hydrogen-bond acceptors (Lipinski definition) is 2. The van der Waals surface area contributed by atoms with Crippen LogP contribution in [0.3, 0.4) is 0 Å². The molecule has 0 unspecified atom stereocenters. The van der Waals surface area contributed by atoms with E-state index in [-0.39, 0.29) is 11.4 Å². The first-order valence-corrected chi connectivity index (χ1v) is 8.36. The van der Waals surface area contributed by atoms with E-state index in [1.807, 2.05) is 4.90 Å². The second-order valence-corrected chi connectivity index (χ2v) is 6.83. The second-order valence-electron chi connectivity index (χ2n) is 6.02. The molecule has 21 heavy (non-hydrogen) atoms. The minimum Gasteiger partial charge on any atom is -0.330 e. The summed E-state index contributed by atoms with van der Waals surface area (Å²) in [6, 6.07) is 5.24. The Morgan fingerprint density at radius 2 is 1.81 bits per heavy atom. The maximum Gasteiger partial charge on any atom is 0.257 e. The molecular formula is C16H20Cl2N2O. The molecule has 1 amide bonds. The Morgan fingerprint density at radius 1 is 1.14 bits per heavy atom. The van der Waals surface area contributed by atoms with E-state index in [1.54, 1.807) is 18.2 Å². The normalized spacial score (nSPS) is 21.5. The summed E-state index contributed by atoms with van der Waals surface area (Å²) in [6.45, 7) is 2.43. The Bertz CT molecular complexity index is 513. The standard InChI is InChI=1S/C16H20Cl2N2O/c17-12-5-4-6-13(18)14(12)15(21)20-10-9-19-11-16(20)7-2-1-3-8-16/h4-6,19H,1-3,7-11H2. The van der Waals surface area contributed by atoms with E-state index in [0.29, 0.717) is 15.6 Å². The summed E-state index contributed by atoms with van der Waals surface area (Å²) in [6.07, 6.45) is 5.75. The third-order valence-electron chi connectivity index (χ3n) is 4.74. The van der Waals surface area contributed by atoms with Crippen LogP contribution in [0.5, 0.6) is 0 Å². The number of hydrogen-bond donors (Lipinski definition) is 1. The molecule has 1 aliphatic heterocycles. The van der Waals surface area contributed by atoms with E-state index in [1.165, 1.54) is 19.3 Å². The van der Waals surface area contributed by atoms with Crippen LogP contribution in [0.25, 0.3) is 0 Å². The van der Waals surface area contributed by atoms with Crippen LogP contribution >= 0.6 is 23.2 Å². The fourth-order valence-corrected chi connectivity index (χ4v) is 4.21. The van der Waals surface area contributed by atoms with Gasteiger partial charge in [0.25, 0.3) is 5.91 Å². The second kappa shape index (κ2) is 6.15. The lowest BCUT2D eigenvalue weighted by atomic mass is 9.78. The van der Waals surface area contributed by atoms with Gasteiger partial charge in [0.2, 0.25) is 0 Å². The number of nitrogens with one attached hydrogen (secondary N) is 1. The summed E-state index contributed by atoms with van der Waals surface area (Å²) < 4.78 is 0. The number of carbonyl (C=O) groups excluding carboxylic acids is 1. The first-order chi connectivity index (χ1) is 10.1. The summed E-state index contributed by atoms with van der Waals surface area (Å²) in [4.78, 5) is 15.1. The topological polar surface area (TPSA) is 32.3 Å². The monoisotopic (exact) mass is 326 g/mol. The quantitative estimate of drug-likeness (QED) is 0.852. The zero-order chi connectivity index (χ0) is 14.9. The highest BCUT2D eigenvalue weighted by atomic mass is 35.5. The van der Waals surface area contributed by atoms with E-state index in [2.05, 4.69) is 5.32 Å². The van der Waals surface area contributed by atoms with Gasteiger partial charge in [0.15, 0.2) is 0 Å². The highest BCUT2D eigenvalue weighted by Crippen LogP contribution is 2.37. The highest BCUT2D eigenvalue weighted by Gasteiger charge is 2.43. The first-order valence-electron chi connectivity index (χ1n) is 7.61. The van der Waals surface area contributed by atoms with Gasteiger partial charge >= 0.3 is 0 Å². The third-order valence-corrected chi connectivity index (χ3v) is 5.37. The first kappa shape index (κ1) is 15.1. The zero-order valence-electron chi connectivity index (χ0n) is 12.0. The van der Waals surface area contributed by atoms with Crippen LogP contribution in [-0.4, -0.2) is 36.0 Å². The molecule has 5 heteroatoms. The van der Waals surface area contributed by atoms with E-state index in [4.69, 9.17) is 23.2 Å². The Morgan fingerprint density at radius 3 is 2.48 bits per heavy atom. The molecule has 2 aliphatic rings. The fourth-order valence-electron chi connectivity index (χ4n) is 3.66. The van der Waals surface area contributed by atoms with Crippen LogP contribution in [0.2, 0.25) is 10.0 Å². The minimum atomic E-state index is -0.0594. The summed E-state index contributed by atoms with van der Waals surface area (Å²) in [5.41, 5.74) is 0.392. The Balaban J connectivity index is 1.95. The van der Waals surface area contributed by atoms with Crippen molar-refractivity contribution >= 4 is 29.1 Å². The largest absolute Gasteiger partial charge is 0.330 e. The maximum absolute atomic E-state index is 13.0. The van der Waals surface area contributed by atoms with Gasteiger partial charge in [0.05, 0.1) is 21.1 Å². The number of carbonyl (C=O) groups is 1. The van der Waals surface area contributed by atoms with Crippen LogP contribution in [-0.2, 0) is 0 Å². The number of benzene rings is 1. The van der Waals surface area contributed by atoms with Gasteiger partial charge in [-0.2, -0.15) is 0 Å². The van der Waals surface area contributed by atoms with E-state index < -0.39 is 0 Å². The smallest absolute Gasteiger partial charge is 0.257 e. The van der Waals surface area contributed by atoms with Crippen molar-refractivity contribution in [1.82, 2.24) is 10.2 Å². The van der Waals surface area contributed by atoms with Crippen LogP contribution in [0.4, 0.5) is 0 Å². The molecule has 2 fully saturated rings. The average Bonchev–Trinajstić information content (AvgIpc) is 2.48. The summed E-state index contributed by atoms with van der Waals surface area (Å²) in [5, 5.41) is 4.33. The molecular weight excluding hydrogens is 307 g/mol. The SMILES string of the molecule is O=C(c1c(Cl)cccc1Cl)N1CCNCC12CCCCC2. The molecule has 1 heterocycles. The van der Waals surface area contributed by atoms with Gasteiger partial charge in [-0.05, 0) is 25.0 Å². The van der Waals surface area contributed by atoms with Gasteiger partial charge < -0.3 is 10.2 Å². The number of nitrogens with zero attached hydrogens (tertiary/aromatic N) is 1. The van der Waals surface area contributed by atoms with Crippen LogP contribution in [0, 0.1) is 0 Å². The van der Waals surface area contributed by atoms with Crippen molar-refractivity contribution in [1.29, 1.82) is 0 Å². The molecule has 1 aromatic rings. The van der Waals surface area contributed by atoms with Crippen LogP contribution < -0.4 is 5.32 Å². The van der Waals surface area contributed by atoms with Crippen molar-refractivity contribution < 1.29 is 4.79 Å². The van der Waals surface area contributed by atoms with Crippen molar-refractivity contribution in [3.63, 3.8) is 0 Å². The third kappa shape index (κ3) is 2.79. The van der Waals surface area contributed by atoms with Crippen LogP contribution in [0.1, 0.15) is 42.5 Å². The number of amides is 1. The molecule has 114 valence electrons. The van der Waals surface area contributed by atoms with Crippen LogP contribution in [0.15, 0.2) is 18.2 Å². The lowest BCUT2D eigenvalue weighted by Crippen LogP contribution is -2.63. The lowest BCUT2D eigenvalue weighted by molar-refractivity contribution is 0.0223. The Hall–Kier alpha value is -0.770. The maximum atomic E-state index is 13.0. The highest BCUT2D eigenvalue weighted by molar-refractivity contribution is 6.39. The average molecular weight is 327 g/mol. The zero-order valence-corrected chi connectivity index (χ0v) is 13.5. The molecule has 1 spiro atoms. The van der Waals surface area contributed by atoms with Crippen molar-refractivity contribution in [2.45, 2.75) is 37.6 Å². The lowest BCUT2D eigenvalue weighted by Gasteiger charge is -2.50. The molecule has 0 aromatic heterocycles. The van der Waals surface area contributed by atoms with Crippen molar-refractivity contribution in [3.05, 3.63) is 33.8 Å². The van der Waals surface area contributed by atoms with Gasteiger partial charge in [-0.3, -0.25) is 4.79 Å². The van der Waals surface area contributed by atoms with Gasteiger partial charge in [-0.15, -0.1) is 0 Å². The minimum absolute atomic E-state index is 0.0194. The van der Waals surface area contributed by atoms with Gasteiger partial charge in [0, 0.05) is 19.6 Å². The van der Waals surface area contributed by atoms with Crippen molar-refractivity contribution in [2.24, 2.45) is 0 Å². The Kier molecular flexibility index (Phi) is 4.43. The summed E-state index contributed by atoms with van der Waals surface area (Å²) in [5.74, 6) is -0.0194. The molecule has 3 rings (SSSR count). The fraction of sp³-hybridized carbons (Fsp3) is 0.562. The van der Waals surface area contributed by atoms with Gasteiger partial charge in [-0.1, -0.05) is 48.5 Å². The Labute approximate surface area is 135 Å². The van der Waals surface area contributed by atoms with Gasteiger partial charge in [-0.25, -0.2) is 0 Å². The van der Waals surface area contributed by atoms with Gasteiger partial charge in [0.1, 0.15) is 0 Å². The summed E-state index contributed by atoms with van der Waals surface area (Å²) >= 11 is 12.4. The molecule has 1 aromatic carbocycles. The number of rotatable bonds is 1. The van der Waals surface area contributed by atoms with Crippen molar-refractivity contribution in [3.8, 4) is 0 Å². The molecule has 1 saturated heterocycles. The number of piperazine rings is 1. The van der Waals surface area contributed by atoms with E-state index in [0.717, 1.165) is 32.5 Å². The van der Waals surface area contributed by atoms with E-state index in [9.17, 15) is 4.79 Å². The molecule has 0 bridgehead atoms. The predicted octanol–water partition coefficient (Wildman–Crippen LogP) is 3.74. The van der Waals surface area contributed by atoms with Crippen molar-refractivity contribution in [2.75, 3.05) is 19.6 Å². The van der Waals surface area contributed by atoms with E-state index >= 15 is 0 Å². The molecule has 1 saturated carbocycles. The molecule has 1 aliphatic carbocycles. The molecule has 3 nitrogen and oxygen atoms in total. The number of halogens is 2. The predicted molar refractivity (Wildman–Crippen MR) is 86.2 cm³/mol. The molecule has 0 radical (unpaired) electrons. The summed E-state index contributed by atoms with van der Waals surface area (Å²) in [7, 11) is 0. The molecule has 1 N–H and O–H groups in total. The molecule has 0 atom stereocenters.